The number of hydrogen-bond donors (Lipinski definition) is 0. The highest BCUT2D eigenvalue weighted by atomic mass is 35.5. The number of fused-ring (bicyclic) bond motifs is 1. The molecule has 1 aliphatic carbocycles. The van der Waals surface area contributed by atoms with Gasteiger partial charge in [-0.05, 0) is 83.4 Å². The largest absolute Gasteiger partial charge is 0.465 e. The number of carbonyl (C=O) groups is 1. The quantitative estimate of drug-likeness (QED) is 0.261. The van der Waals surface area contributed by atoms with Crippen molar-refractivity contribution in [2.45, 2.75) is 25.7 Å². The Balaban J connectivity index is 1.63. The minimum atomic E-state index is -0.953. The number of carbonyl (C=O) groups excluding carboxylic acids is 1. The van der Waals surface area contributed by atoms with Crippen LogP contribution in [0.4, 0.5) is 13.2 Å². The van der Waals surface area contributed by atoms with Crippen LogP contribution >= 0.6 is 23.2 Å². The third-order valence-corrected chi connectivity index (χ3v) is 7.98. The van der Waals surface area contributed by atoms with Crippen molar-refractivity contribution < 1.29 is 22.7 Å². The molecule has 208 valence electrons. The minimum Gasteiger partial charge on any atom is -0.465 e. The Kier molecular flexibility index (Phi) is 8.69. The summed E-state index contributed by atoms with van der Waals surface area (Å²) in [6.07, 6.45) is 4.03. The Morgan fingerprint density at radius 3 is 2.45 bits per heavy atom. The van der Waals surface area contributed by atoms with E-state index in [0.717, 1.165) is 16.7 Å². The van der Waals surface area contributed by atoms with E-state index in [4.69, 9.17) is 27.9 Å². The number of benzene rings is 3. The van der Waals surface area contributed by atoms with Crippen LogP contribution in [0.15, 0.2) is 54.1 Å². The number of ether oxygens (including phenoxy) is 1. The van der Waals surface area contributed by atoms with Gasteiger partial charge in [-0.1, -0.05) is 53.5 Å². The molecule has 0 unspecified atom stereocenters. The molecule has 0 saturated carbocycles. The molecular weight excluding hydrogens is 558 g/mol. The van der Waals surface area contributed by atoms with Crippen molar-refractivity contribution in [2.75, 3.05) is 33.4 Å². The number of hydrogen-bond acceptors (Lipinski definition) is 3. The number of alkyl halides is 1. The summed E-state index contributed by atoms with van der Waals surface area (Å²) >= 11 is 12.8. The summed E-state index contributed by atoms with van der Waals surface area (Å²) in [4.78, 5) is 14.3. The van der Waals surface area contributed by atoms with Crippen LogP contribution in [-0.4, -0.2) is 44.3 Å². The SMILES string of the molecule is COC(=O)c1ccc2c(c1)CCCC(c1ccc(Cl)cc1Cl)=C2c1ccc(C=C2CN(CCCF)C2)c(F)c1F. The first-order chi connectivity index (χ1) is 19.3. The van der Waals surface area contributed by atoms with Crippen LogP contribution in [0.1, 0.15) is 57.4 Å². The van der Waals surface area contributed by atoms with Gasteiger partial charge in [0.1, 0.15) is 0 Å². The average Bonchev–Trinajstić information content (AvgIpc) is 3.11. The number of aryl methyl sites for hydroxylation is 1. The molecule has 40 heavy (non-hydrogen) atoms. The molecule has 0 atom stereocenters. The molecule has 8 heteroatoms. The molecule has 1 heterocycles. The molecule has 0 amide bonds. The molecule has 0 spiro atoms. The van der Waals surface area contributed by atoms with Crippen LogP contribution < -0.4 is 0 Å². The number of esters is 1. The average molecular weight is 586 g/mol. The summed E-state index contributed by atoms with van der Waals surface area (Å²) in [6, 6.07) is 13.5. The van der Waals surface area contributed by atoms with Gasteiger partial charge in [0.2, 0.25) is 0 Å². The number of likely N-dealkylation sites (tertiary alicyclic amines) is 1. The second-order valence-electron chi connectivity index (χ2n) is 10.1. The van der Waals surface area contributed by atoms with E-state index in [0.29, 0.717) is 77.6 Å². The molecule has 0 aromatic heterocycles. The Morgan fingerprint density at radius 2 is 1.73 bits per heavy atom. The Labute approximate surface area is 241 Å². The third-order valence-electron chi connectivity index (χ3n) is 7.43. The van der Waals surface area contributed by atoms with Gasteiger partial charge in [0.15, 0.2) is 11.6 Å². The van der Waals surface area contributed by atoms with Crippen molar-refractivity contribution >= 4 is 46.4 Å². The fraction of sp³-hybridized carbons (Fsp3) is 0.281. The summed E-state index contributed by atoms with van der Waals surface area (Å²) in [6.45, 7) is 1.50. The minimum absolute atomic E-state index is 0.118. The number of halogens is 5. The predicted octanol–water partition coefficient (Wildman–Crippen LogP) is 8.41. The number of allylic oxidation sites excluding steroid dienone is 1. The van der Waals surface area contributed by atoms with Crippen molar-refractivity contribution in [3.05, 3.63) is 109 Å². The Bertz CT molecular complexity index is 1520. The van der Waals surface area contributed by atoms with Crippen LogP contribution in [0.2, 0.25) is 10.0 Å². The van der Waals surface area contributed by atoms with Gasteiger partial charge in [-0.2, -0.15) is 0 Å². The molecule has 0 N–H and O–H groups in total. The summed E-state index contributed by atoms with van der Waals surface area (Å²) < 4.78 is 48.9. The smallest absolute Gasteiger partial charge is 0.337 e. The molecule has 0 radical (unpaired) electrons. The maximum atomic E-state index is 16.0. The maximum absolute atomic E-state index is 16.0. The van der Waals surface area contributed by atoms with E-state index >= 15 is 8.78 Å². The monoisotopic (exact) mass is 585 g/mol. The molecule has 5 rings (SSSR count). The molecule has 2 aliphatic rings. The van der Waals surface area contributed by atoms with E-state index in [1.54, 1.807) is 54.6 Å². The van der Waals surface area contributed by atoms with Gasteiger partial charge in [0.25, 0.3) is 0 Å². The lowest BCUT2D eigenvalue weighted by molar-refractivity contribution is 0.0600. The zero-order valence-electron chi connectivity index (χ0n) is 22.0. The highest BCUT2D eigenvalue weighted by Gasteiger charge is 2.27. The predicted molar refractivity (Wildman–Crippen MR) is 154 cm³/mol. The van der Waals surface area contributed by atoms with Gasteiger partial charge in [0, 0.05) is 40.8 Å². The Morgan fingerprint density at radius 1 is 0.975 bits per heavy atom. The molecule has 3 aromatic rings. The first-order valence-electron chi connectivity index (χ1n) is 13.2. The van der Waals surface area contributed by atoms with Crippen molar-refractivity contribution in [3.8, 4) is 0 Å². The number of rotatable bonds is 7. The lowest BCUT2D eigenvalue weighted by Crippen LogP contribution is -2.40. The first kappa shape index (κ1) is 28.5. The molecule has 1 saturated heterocycles. The van der Waals surface area contributed by atoms with Crippen LogP contribution in [0, 0.1) is 11.6 Å². The van der Waals surface area contributed by atoms with E-state index in [1.807, 2.05) is 0 Å². The highest BCUT2D eigenvalue weighted by Crippen LogP contribution is 2.43. The van der Waals surface area contributed by atoms with Crippen molar-refractivity contribution in [2.24, 2.45) is 0 Å². The fourth-order valence-corrected chi connectivity index (χ4v) is 6.02. The lowest BCUT2D eigenvalue weighted by atomic mass is 9.86. The van der Waals surface area contributed by atoms with E-state index in [2.05, 4.69) is 4.90 Å². The second-order valence-corrected chi connectivity index (χ2v) is 10.9. The molecular formula is C32H28Cl2F3NO2. The van der Waals surface area contributed by atoms with E-state index in [-0.39, 0.29) is 17.8 Å². The third kappa shape index (κ3) is 5.71. The van der Waals surface area contributed by atoms with Gasteiger partial charge < -0.3 is 4.74 Å². The van der Waals surface area contributed by atoms with Crippen LogP contribution in [-0.2, 0) is 11.2 Å². The van der Waals surface area contributed by atoms with E-state index < -0.39 is 17.6 Å². The fourth-order valence-electron chi connectivity index (χ4n) is 5.49. The normalized spacial score (nSPS) is 15.4. The number of methoxy groups -OCH3 is 1. The summed E-state index contributed by atoms with van der Waals surface area (Å²) in [7, 11) is 1.32. The molecule has 1 aliphatic heterocycles. The van der Waals surface area contributed by atoms with Crippen LogP contribution in [0.5, 0.6) is 0 Å². The van der Waals surface area contributed by atoms with Crippen molar-refractivity contribution in [3.63, 3.8) is 0 Å². The van der Waals surface area contributed by atoms with Gasteiger partial charge >= 0.3 is 5.97 Å². The van der Waals surface area contributed by atoms with Crippen molar-refractivity contribution in [1.29, 1.82) is 0 Å². The zero-order chi connectivity index (χ0) is 28.4. The maximum Gasteiger partial charge on any atom is 0.337 e. The van der Waals surface area contributed by atoms with Gasteiger partial charge in [-0.15, -0.1) is 0 Å². The summed E-state index contributed by atoms with van der Waals surface area (Å²) in [5.41, 5.74) is 5.19. The van der Waals surface area contributed by atoms with Crippen LogP contribution in [0.25, 0.3) is 17.2 Å². The van der Waals surface area contributed by atoms with E-state index in [9.17, 15) is 9.18 Å². The van der Waals surface area contributed by atoms with Gasteiger partial charge in [-0.25, -0.2) is 13.6 Å². The first-order valence-corrected chi connectivity index (χ1v) is 13.9. The summed E-state index contributed by atoms with van der Waals surface area (Å²) in [5, 5.41) is 0.890. The van der Waals surface area contributed by atoms with Crippen LogP contribution in [0.3, 0.4) is 0 Å². The Hall–Kier alpha value is -3.06. The van der Waals surface area contributed by atoms with Crippen molar-refractivity contribution in [1.82, 2.24) is 4.90 Å². The molecule has 0 bridgehead atoms. The molecule has 1 fully saturated rings. The van der Waals surface area contributed by atoms with E-state index in [1.165, 1.54) is 7.11 Å². The zero-order valence-corrected chi connectivity index (χ0v) is 23.5. The lowest BCUT2D eigenvalue weighted by Gasteiger charge is -2.33. The molecule has 3 nitrogen and oxygen atoms in total. The van der Waals surface area contributed by atoms with Gasteiger partial charge in [-0.3, -0.25) is 9.29 Å². The van der Waals surface area contributed by atoms with Gasteiger partial charge in [0.05, 0.1) is 19.3 Å². The topological polar surface area (TPSA) is 29.5 Å². The standard InChI is InChI=1S/C32H28Cl2F3NO2/c1-40-32(39)22-7-9-24-20(15-22)4-2-5-26(25-11-8-23(33)16-28(25)34)29(24)27-10-6-21(30(36)31(27)37)14-19-17-38(18-19)13-3-12-35/h6-11,14-16H,2-5,12-13,17-18H2,1H3. The number of nitrogens with zero attached hydrogens (tertiary/aromatic N) is 1. The summed E-state index contributed by atoms with van der Waals surface area (Å²) in [5.74, 6) is -2.35. The molecule has 3 aromatic carbocycles. The highest BCUT2D eigenvalue weighted by molar-refractivity contribution is 6.36. The second kappa shape index (κ2) is 12.2.